The lowest BCUT2D eigenvalue weighted by molar-refractivity contribution is -0.153. The lowest BCUT2D eigenvalue weighted by atomic mass is 9.69. The van der Waals surface area contributed by atoms with E-state index in [0.29, 0.717) is 18.4 Å². The van der Waals surface area contributed by atoms with Crippen molar-refractivity contribution in [1.82, 2.24) is 5.32 Å². The van der Waals surface area contributed by atoms with Crippen molar-refractivity contribution in [3.05, 3.63) is 34.3 Å². The Morgan fingerprint density at radius 1 is 1.28 bits per heavy atom. The summed E-state index contributed by atoms with van der Waals surface area (Å²) in [4.78, 5) is 23.0. The summed E-state index contributed by atoms with van der Waals surface area (Å²) in [5, 5.41) is 11.9. The summed E-state index contributed by atoms with van der Waals surface area (Å²) in [6, 6.07) is 6.97. The molecule has 18 heavy (non-hydrogen) atoms. The number of rotatable bonds is 4. The van der Waals surface area contributed by atoms with Crippen LogP contribution < -0.4 is 5.32 Å². The maximum Gasteiger partial charge on any atom is 0.311 e. The molecule has 1 aliphatic carbocycles. The number of hydrogen-bond donors (Lipinski definition) is 2. The maximum atomic E-state index is 11.8. The molecular weight excluding hydrogens is 298 g/mol. The molecule has 4 nitrogen and oxygen atoms in total. The Morgan fingerprint density at radius 3 is 2.33 bits per heavy atom. The standard InChI is InChI=1S/C13H14BrNO3/c14-10-4-2-9(3-5-10)11(16)15-8-13(12(17)18)6-1-7-13/h2-5H,1,6-8H2,(H,15,16)(H,17,18). The van der Waals surface area contributed by atoms with Crippen LogP contribution in [-0.2, 0) is 4.79 Å². The second-order valence-corrected chi connectivity index (χ2v) is 5.54. The van der Waals surface area contributed by atoms with Crippen LogP contribution in [0.1, 0.15) is 29.6 Å². The number of aliphatic carboxylic acids is 1. The first kappa shape index (κ1) is 13.1. The van der Waals surface area contributed by atoms with Crippen molar-refractivity contribution in [2.24, 2.45) is 5.41 Å². The van der Waals surface area contributed by atoms with Gasteiger partial charge in [0.05, 0.1) is 5.41 Å². The topological polar surface area (TPSA) is 66.4 Å². The number of benzene rings is 1. The fourth-order valence-corrected chi connectivity index (χ4v) is 2.29. The number of amides is 1. The first-order chi connectivity index (χ1) is 8.53. The third-order valence-electron chi connectivity index (χ3n) is 3.46. The molecule has 1 aliphatic rings. The van der Waals surface area contributed by atoms with Gasteiger partial charge in [-0.2, -0.15) is 0 Å². The summed E-state index contributed by atoms with van der Waals surface area (Å²) in [6.07, 6.45) is 2.20. The van der Waals surface area contributed by atoms with E-state index >= 15 is 0 Å². The zero-order chi connectivity index (χ0) is 13.2. The van der Waals surface area contributed by atoms with Crippen LogP contribution in [0.2, 0.25) is 0 Å². The van der Waals surface area contributed by atoms with Gasteiger partial charge in [-0.05, 0) is 37.1 Å². The lowest BCUT2D eigenvalue weighted by Crippen LogP contribution is -2.47. The molecule has 1 saturated carbocycles. The van der Waals surface area contributed by atoms with Crippen molar-refractivity contribution >= 4 is 27.8 Å². The molecule has 1 fully saturated rings. The molecule has 0 radical (unpaired) electrons. The van der Waals surface area contributed by atoms with Crippen LogP contribution in [0.4, 0.5) is 0 Å². The smallest absolute Gasteiger partial charge is 0.311 e. The van der Waals surface area contributed by atoms with E-state index in [0.717, 1.165) is 10.9 Å². The number of carbonyl (C=O) groups excluding carboxylic acids is 1. The summed E-state index contributed by atoms with van der Waals surface area (Å²) in [6.45, 7) is 0.206. The molecule has 1 aromatic carbocycles. The van der Waals surface area contributed by atoms with E-state index in [1.54, 1.807) is 24.3 Å². The minimum atomic E-state index is -0.815. The normalized spacial score (nSPS) is 16.7. The Labute approximate surface area is 114 Å². The van der Waals surface area contributed by atoms with Crippen LogP contribution in [0.25, 0.3) is 0 Å². The predicted molar refractivity (Wildman–Crippen MR) is 70.4 cm³/mol. The zero-order valence-corrected chi connectivity index (χ0v) is 11.4. The van der Waals surface area contributed by atoms with Gasteiger partial charge in [-0.3, -0.25) is 9.59 Å². The molecule has 0 heterocycles. The third kappa shape index (κ3) is 2.56. The van der Waals surface area contributed by atoms with Gasteiger partial charge in [0.2, 0.25) is 0 Å². The number of halogens is 1. The SMILES string of the molecule is O=C(NCC1(C(=O)O)CCC1)c1ccc(Br)cc1. The van der Waals surface area contributed by atoms with Crippen molar-refractivity contribution in [2.75, 3.05) is 6.54 Å². The number of carboxylic acid groups (broad SMARTS) is 1. The Kier molecular flexibility index (Phi) is 3.71. The molecule has 0 bridgehead atoms. The predicted octanol–water partition coefficient (Wildman–Crippen LogP) is 2.43. The van der Waals surface area contributed by atoms with Gasteiger partial charge in [-0.15, -0.1) is 0 Å². The number of hydrogen-bond acceptors (Lipinski definition) is 2. The maximum absolute atomic E-state index is 11.8. The zero-order valence-electron chi connectivity index (χ0n) is 9.78. The fraction of sp³-hybridized carbons (Fsp3) is 0.385. The summed E-state index contributed by atoms with van der Waals surface area (Å²) < 4.78 is 0.903. The summed E-state index contributed by atoms with van der Waals surface area (Å²) >= 11 is 3.30. The van der Waals surface area contributed by atoms with Crippen LogP contribution >= 0.6 is 15.9 Å². The Bertz CT molecular complexity index is 466. The molecule has 0 saturated heterocycles. The van der Waals surface area contributed by atoms with Crippen LogP contribution in [-0.4, -0.2) is 23.5 Å². The quantitative estimate of drug-likeness (QED) is 0.897. The minimum Gasteiger partial charge on any atom is -0.481 e. The average Bonchev–Trinajstić information content (AvgIpc) is 2.27. The highest BCUT2D eigenvalue weighted by molar-refractivity contribution is 9.10. The largest absolute Gasteiger partial charge is 0.481 e. The first-order valence-corrected chi connectivity index (χ1v) is 6.60. The number of nitrogens with one attached hydrogen (secondary N) is 1. The second-order valence-electron chi connectivity index (χ2n) is 4.63. The molecule has 2 rings (SSSR count). The molecule has 0 aromatic heterocycles. The minimum absolute atomic E-state index is 0.206. The van der Waals surface area contributed by atoms with Gasteiger partial charge in [0.25, 0.3) is 5.91 Å². The molecule has 96 valence electrons. The Morgan fingerprint density at radius 2 is 1.89 bits per heavy atom. The van der Waals surface area contributed by atoms with E-state index in [-0.39, 0.29) is 12.5 Å². The van der Waals surface area contributed by atoms with Crippen LogP contribution in [0.15, 0.2) is 28.7 Å². The lowest BCUT2D eigenvalue weighted by Gasteiger charge is -2.37. The number of carboxylic acids is 1. The first-order valence-electron chi connectivity index (χ1n) is 5.81. The van der Waals surface area contributed by atoms with Gasteiger partial charge in [0.1, 0.15) is 0 Å². The fourth-order valence-electron chi connectivity index (χ4n) is 2.02. The Balaban J connectivity index is 1.96. The van der Waals surface area contributed by atoms with Gasteiger partial charge in [-0.1, -0.05) is 22.4 Å². The van der Waals surface area contributed by atoms with Gasteiger partial charge in [0, 0.05) is 16.6 Å². The van der Waals surface area contributed by atoms with Crippen LogP contribution in [0.5, 0.6) is 0 Å². The van der Waals surface area contributed by atoms with E-state index < -0.39 is 11.4 Å². The van der Waals surface area contributed by atoms with Crippen molar-refractivity contribution in [3.63, 3.8) is 0 Å². The molecule has 1 amide bonds. The highest BCUT2D eigenvalue weighted by Crippen LogP contribution is 2.40. The Hall–Kier alpha value is -1.36. The molecule has 5 heteroatoms. The number of carbonyl (C=O) groups is 2. The molecule has 0 aliphatic heterocycles. The summed E-state index contributed by atoms with van der Waals surface area (Å²) in [7, 11) is 0. The van der Waals surface area contributed by atoms with Gasteiger partial charge in [0.15, 0.2) is 0 Å². The molecule has 0 atom stereocenters. The van der Waals surface area contributed by atoms with E-state index in [2.05, 4.69) is 21.2 Å². The molecule has 2 N–H and O–H groups in total. The molecule has 0 unspecified atom stereocenters. The molecule has 0 spiro atoms. The van der Waals surface area contributed by atoms with Crippen molar-refractivity contribution in [2.45, 2.75) is 19.3 Å². The van der Waals surface area contributed by atoms with E-state index in [1.807, 2.05) is 0 Å². The summed E-state index contributed by atoms with van der Waals surface area (Å²) in [5.74, 6) is -1.04. The van der Waals surface area contributed by atoms with E-state index in [9.17, 15) is 9.59 Å². The van der Waals surface area contributed by atoms with Crippen molar-refractivity contribution < 1.29 is 14.7 Å². The van der Waals surface area contributed by atoms with Crippen LogP contribution in [0.3, 0.4) is 0 Å². The average molecular weight is 312 g/mol. The van der Waals surface area contributed by atoms with Gasteiger partial charge < -0.3 is 10.4 Å². The molecular formula is C13H14BrNO3. The van der Waals surface area contributed by atoms with Crippen LogP contribution in [0, 0.1) is 5.41 Å². The van der Waals surface area contributed by atoms with Crippen molar-refractivity contribution in [1.29, 1.82) is 0 Å². The monoisotopic (exact) mass is 311 g/mol. The van der Waals surface area contributed by atoms with Gasteiger partial charge in [-0.25, -0.2) is 0 Å². The summed E-state index contributed by atoms with van der Waals surface area (Å²) in [5.41, 5.74) is -0.205. The van der Waals surface area contributed by atoms with Gasteiger partial charge >= 0.3 is 5.97 Å². The van der Waals surface area contributed by atoms with Crippen molar-refractivity contribution in [3.8, 4) is 0 Å². The second kappa shape index (κ2) is 5.10. The highest BCUT2D eigenvalue weighted by Gasteiger charge is 2.44. The molecule has 1 aromatic rings. The van der Waals surface area contributed by atoms with E-state index in [1.165, 1.54) is 0 Å². The third-order valence-corrected chi connectivity index (χ3v) is 3.99. The highest BCUT2D eigenvalue weighted by atomic mass is 79.9. The van der Waals surface area contributed by atoms with E-state index in [4.69, 9.17) is 5.11 Å².